The third-order valence-electron chi connectivity index (χ3n) is 4.69. The predicted molar refractivity (Wildman–Crippen MR) is 93.9 cm³/mol. The Balaban J connectivity index is 1.43. The Morgan fingerprint density at radius 1 is 1.15 bits per heavy atom. The second-order valence-electron chi connectivity index (χ2n) is 6.33. The minimum atomic E-state index is -0.623. The number of carbonyl (C=O) groups excluding carboxylic acids is 3. The van der Waals surface area contributed by atoms with Gasteiger partial charge < -0.3 is 24.6 Å². The summed E-state index contributed by atoms with van der Waals surface area (Å²) in [7, 11) is 1.63. The maximum atomic E-state index is 12.2. The minimum Gasteiger partial charge on any atom is -0.497 e. The molecular formula is C18H23N3O5. The van der Waals surface area contributed by atoms with Crippen LogP contribution in [0.4, 0.5) is 5.69 Å². The van der Waals surface area contributed by atoms with Crippen molar-refractivity contribution in [3.05, 3.63) is 24.3 Å². The fourth-order valence-corrected chi connectivity index (χ4v) is 3.12. The van der Waals surface area contributed by atoms with Gasteiger partial charge in [0.15, 0.2) is 6.61 Å². The number of piperazine rings is 1. The van der Waals surface area contributed by atoms with Crippen molar-refractivity contribution < 1.29 is 23.9 Å². The number of nitrogens with one attached hydrogen (secondary N) is 1. The molecule has 0 unspecified atom stereocenters. The van der Waals surface area contributed by atoms with Gasteiger partial charge in [-0.3, -0.25) is 9.59 Å². The number of hydrogen-bond acceptors (Lipinski definition) is 6. The Bertz CT molecular complexity index is 668. The maximum Gasteiger partial charge on any atom is 0.329 e. The van der Waals surface area contributed by atoms with Crippen molar-refractivity contribution in [3.8, 4) is 5.75 Å². The molecule has 2 saturated heterocycles. The number of ether oxygens (including phenoxy) is 2. The zero-order valence-corrected chi connectivity index (χ0v) is 14.8. The molecule has 1 atom stereocenters. The van der Waals surface area contributed by atoms with Gasteiger partial charge in [0.1, 0.15) is 11.8 Å². The number of amides is 2. The van der Waals surface area contributed by atoms with Crippen molar-refractivity contribution in [2.45, 2.75) is 18.9 Å². The molecule has 0 saturated carbocycles. The van der Waals surface area contributed by atoms with E-state index in [9.17, 15) is 14.4 Å². The summed E-state index contributed by atoms with van der Waals surface area (Å²) >= 11 is 0. The first-order valence-electron chi connectivity index (χ1n) is 8.69. The van der Waals surface area contributed by atoms with Crippen LogP contribution >= 0.6 is 0 Å². The number of rotatable bonds is 5. The first-order chi connectivity index (χ1) is 12.6. The SMILES string of the molecule is COc1ccc(N2CCN(C(=O)COC(=O)[C@H]3CCC(=O)N3)CC2)cc1. The molecule has 2 aliphatic heterocycles. The van der Waals surface area contributed by atoms with Crippen molar-refractivity contribution in [1.82, 2.24) is 10.2 Å². The molecule has 0 bridgehead atoms. The molecule has 0 radical (unpaired) electrons. The summed E-state index contributed by atoms with van der Waals surface area (Å²) in [5.41, 5.74) is 1.08. The molecule has 0 aromatic heterocycles. The Labute approximate surface area is 152 Å². The number of benzene rings is 1. The van der Waals surface area contributed by atoms with E-state index in [4.69, 9.17) is 9.47 Å². The number of esters is 1. The predicted octanol–water partition coefficient (Wildman–Crippen LogP) is 0.166. The largest absolute Gasteiger partial charge is 0.497 e. The minimum absolute atomic E-state index is 0.159. The second-order valence-corrected chi connectivity index (χ2v) is 6.33. The summed E-state index contributed by atoms with van der Waals surface area (Å²) in [4.78, 5) is 39.1. The van der Waals surface area contributed by atoms with E-state index >= 15 is 0 Å². The Morgan fingerprint density at radius 3 is 2.42 bits per heavy atom. The summed E-state index contributed by atoms with van der Waals surface area (Å²) in [5.74, 6) is -0.103. The summed E-state index contributed by atoms with van der Waals surface area (Å²) in [6, 6.07) is 7.19. The molecule has 0 spiro atoms. The molecular weight excluding hydrogens is 338 g/mol. The van der Waals surface area contributed by atoms with Gasteiger partial charge in [-0.2, -0.15) is 0 Å². The van der Waals surface area contributed by atoms with Crippen molar-refractivity contribution >= 4 is 23.5 Å². The monoisotopic (exact) mass is 361 g/mol. The highest BCUT2D eigenvalue weighted by Crippen LogP contribution is 2.20. The summed E-state index contributed by atoms with van der Waals surface area (Å²) in [5, 5.41) is 2.54. The highest BCUT2D eigenvalue weighted by atomic mass is 16.5. The standard InChI is InChI=1S/C18H23N3O5/c1-25-14-4-2-13(3-5-14)20-8-10-21(11-9-20)17(23)12-26-18(24)15-6-7-16(22)19-15/h2-5,15H,6-12H2,1H3,(H,19,22)/t15-/m1/s1. The van der Waals surface area contributed by atoms with Gasteiger partial charge >= 0.3 is 5.97 Å². The van der Waals surface area contributed by atoms with Crippen molar-refractivity contribution in [2.75, 3.05) is 44.8 Å². The number of anilines is 1. The van der Waals surface area contributed by atoms with Crippen LogP contribution in [0.5, 0.6) is 5.75 Å². The lowest BCUT2D eigenvalue weighted by molar-refractivity contribution is -0.153. The smallest absolute Gasteiger partial charge is 0.329 e. The van der Waals surface area contributed by atoms with E-state index < -0.39 is 12.0 Å². The van der Waals surface area contributed by atoms with E-state index in [1.54, 1.807) is 12.0 Å². The van der Waals surface area contributed by atoms with Gasteiger partial charge in [-0.05, 0) is 30.7 Å². The molecule has 1 aromatic carbocycles. The number of hydrogen-bond donors (Lipinski definition) is 1. The van der Waals surface area contributed by atoms with Crippen LogP contribution < -0.4 is 15.0 Å². The van der Waals surface area contributed by atoms with Crippen molar-refractivity contribution in [2.24, 2.45) is 0 Å². The summed E-state index contributed by atoms with van der Waals surface area (Å²) in [6.45, 7) is 2.29. The molecule has 26 heavy (non-hydrogen) atoms. The van der Waals surface area contributed by atoms with Crippen LogP contribution in [0, 0.1) is 0 Å². The van der Waals surface area contributed by atoms with Crippen LogP contribution in [0.15, 0.2) is 24.3 Å². The Kier molecular flexibility index (Phi) is 5.60. The lowest BCUT2D eigenvalue weighted by atomic mass is 10.2. The third-order valence-corrected chi connectivity index (χ3v) is 4.69. The van der Waals surface area contributed by atoms with Gasteiger partial charge in [-0.25, -0.2) is 4.79 Å². The molecule has 1 aromatic rings. The third kappa shape index (κ3) is 4.25. The van der Waals surface area contributed by atoms with Gasteiger partial charge in [0, 0.05) is 38.3 Å². The van der Waals surface area contributed by atoms with E-state index in [1.165, 1.54) is 0 Å². The molecule has 8 nitrogen and oxygen atoms in total. The molecule has 2 aliphatic rings. The van der Waals surface area contributed by atoms with Crippen LogP contribution in [0.25, 0.3) is 0 Å². The van der Waals surface area contributed by atoms with E-state index in [0.717, 1.165) is 11.4 Å². The lowest BCUT2D eigenvalue weighted by Gasteiger charge is -2.36. The van der Waals surface area contributed by atoms with Crippen LogP contribution in [0.2, 0.25) is 0 Å². The topological polar surface area (TPSA) is 88.2 Å². The maximum absolute atomic E-state index is 12.2. The zero-order valence-electron chi connectivity index (χ0n) is 14.8. The normalized spacial score (nSPS) is 19.9. The van der Waals surface area contributed by atoms with Crippen LogP contribution in [0.1, 0.15) is 12.8 Å². The molecule has 2 amide bonds. The highest BCUT2D eigenvalue weighted by molar-refractivity contribution is 5.89. The molecule has 3 rings (SSSR count). The summed E-state index contributed by atoms with van der Waals surface area (Å²) in [6.07, 6.45) is 0.743. The quantitative estimate of drug-likeness (QED) is 0.752. The van der Waals surface area contributed by atoms with Crippen LogP contribution in [-0.4, -0.2) is 68.6 Å². The molecule has 2 heterocycles. The van der Waals surface area contributed by atoms with Gasteiger partial charge in [0.2, 0.25) is 5.91 Å². The molecule has 0 aliphatic carbocycles. The number of nitrogens with zero attached hydrogens (tertiary/aromatic N) is 2. The van der Waals surface area contributed by atoms with Crippen LogP contribution in [-0.2, 0) is 19.1 Å². The van der Waals surface area contributed by atoms with Gasteiger partial charge in [-0.15, -0.1) is 0 Å². The molecule has 8 heteroatoms. The first-order valence-corrected chi connectivity index (χ1v) is 8.69. The Morgan fingerprint density at radius 2 is 1.85 bits per heavy atom. The summed E-state index contributed by atoms with van der Waals surface area (Å²) < 4.78 is 10.2. The molecule has 140 valence electrons. The fourth-order valence-electron chi connectivity index (χ4n) is 3.12. The fraction of sp³-hybridized carbons (Fsp3) is 0.500. The lowest BCUT2D eigenvalue weighted by Crippen LogP contribution is -2.50. The van der Waals surface area contributed by atoms with E-state index in [0.29, 0.717) is 39.0 Å². The highest BCUT2D eigenvalue weighted by Gasteiger charge is 2.29. The first kappa shape index (κ1) is 18.0. The van der Waals surface area contributed by atoms with Gasteiger partial charge in [0.25, 0.3) is 5.91 Å². The zero-order chi connectivity index (χ0) is 18.5. The Hall–Kier alpha value is -2.77. The second kappa shape index (κ2) is 8.07. The van der Waals surface area contributed by atoms with Crippen molar-refractivity contribution in [1.29, 1.82) is 0 Å². The average molecular weight is 361 g/mol. The van der Waals surface area contributed by atoms with Gasteiger partial charge in [0.05, 0.1) is 7.11 Å². The molecule has 1 N–H and O–H groups in total. The van der Waals surface area contributed by atoms with E-state index in [2.05, 4.69) is 10.2 Å². The van der Waals surface area contributed by atoms with Crippen LogP contribution in [0.3, 0.4) is 0 Å². The van der Waals surface area contributed by atoms with Crippen molar-refractivity contribution in [3.63, 3.8) is 0 Å². The van der Waals surface area contributed by atoms with Gasteiger partial charge in [-0.1, -0.05) is 0 Å². The van der Waals surface area contributed by atoms with E-state index in [1.807, 2.05) is 24.3 Å². The number of methoxy groups -OCH3 is 1. The average Bonchev–Trinajstić information content (AvgIpc) is 3.12. The van der Waals surface area contributed by atoms with E-state index in [-0.39, 0.29) is 18.4 Å². The molecule has 2 fully saturated rings. The number of carbonyl (C=O) groups is 3.